The highest BCUT2D eigenvalue weighted by molar-refractivity contribution is 8.01. The van der Waals surface area contributed by atoms with Crippen LogP contribution < -0.4 is 27.4 Å². The van der Waals surface area contributed by atoms with Crippen LogP contribution in [-0.4, -0.2) is 109 Å². The number of hydrogen-bond acceptors (Lipinski definition) is 10. The minimum atomic E-state index is -1.06. The van der Waals surface area contributed by atoms with Gasteiger partial charge in [-0.15, -0.1) is 23.5 Å². The van der Waals surface area contributed by atoms with Crippen LogP contribution in [0.4, 0.5) is 0 Å². The van der Waals surface area contributed by atoms with Crippen molar-refractivity contribution in [3.8, 4) is 0 Å². The van der Waals surface area contributed by atoms with Gasteiger partial charge in [0.2, 0.25) is 29.5 Å². The van der Waals surface area contributed by atoms with Crippen molar-refractivity contribution in [2.45, 2.75) is 113 Å². The molecule has 16 heteroatoms. The number of amides is 5. The molecule has 0 aromatic rings. The lowest BCUT2D eigenvalue weighted by atomic mass is 10.2. The fourth-order valence-corrected chi connectivity index (χ4v) is 5.88. The molecule has 1 aliphatic rings. The van der Waals surface area contributed by atoms with E-state index in [9.17, 15) is 28.8 Å². The van der Waals surface area contributed by atoms with Crippen molar-refractivity contribution >= 4 is 59.0 Å². The maximum Gasteiger partial charge on any atom is 0.305 e. The Hall–Kier alpha value is -2.40. The summed E-state index contributed by atoms with van der Waals surface area (Å²) in [5, 5.41) is 15.9. The largest absolute Gasteiger partial charge is 0.481 e. The summed E-state index contributed by atoms with van der Waals surface area (Å²) in [6, 6.07) is -1.90. The van der Waals surface area contributed by atoms with E-state index < -0.39 is 34.5 Å². The molecule has 2 unspecified atom stereocenters. The van der Waals surface area contributed by atoms with Gasteiger partial charge < -0.3 is 38.0 Å². The molecule has 1 aliphatic heterocycles. The van der Waals surface area contributed by atoms with E-state index in [0.717, 1.165) is 4.90 Å². The van der Waals surface area contributed by atoms with Gasteiger partial charge in [-0.1, -0.05) is 27.7 Å². The predicted octanol–water partition coefficient (Wildman–Crippen LogP) is -0.778. The van der Waals surface area contributed by atoms with E-state index >= 15 is 0 Å². The van der Waals surface area contributed by atoms with Crippen molar-refractivity contribution in [2.24, 2.45) is 11.5 Å². The first-order chi connectivity index (χ1) is 18.9. The molecule has 10 N–H and O–H groups in total. The maximum absolute atomic E-state index is 12.3. The molecule has 0 aliphatic carbocycles. The van der Waals surface area contributed by atoms with Crippen LogP contribution in [0.25, 0.3) is 0 Å². The van der Waals surface area contributed by atoms with Crippen LogP contribution in [0.1, 0.15) is 68.2 Å². The van der Waals surface area contributed by atoms with Gasteiger partial charge in [-0.25, -0.2) is 0 Å². The Morgan fingerprint density at radius 1 is 0.857 bits per heavy atom. The number of carboxylic acid groups (broad SMARTS) is 1. The highest BCUT2D eigenvalue weighted by atomic mass is 32.2. The van der Waals surface area contributed by atoms with Gasteiger partial charge in [0.15, 0.2) is 0 Å². The molecular weight excluding hydrogens is 588 g/mol. The Morgan fingerprint density at radius 3 is 1.79 bits per heavy atom. The quantitative estimate of drug-likeness (QED) is 0.121. The van der Waals surface area contributed by atoms with Crippen molar-refractivity contribution in [2.75, 3.05) is 13.1 Å². The minimum absolute atomic E-state index is 0. The maximum atomic E-state index is 12.3. The number of nitrogens with one attached hydrogen (secondary N) is 3. The van der Waals surface area contributed by atoms with E-state index in [0.29, 0.717) is 0 Å². The van der Waals surface area contributed by atoms with Crippen LogP contribution in [0.15, 0.2) is 0 Å². The molecule has 0 bridgehead atoms. The number of rotatable bonds is 15. The lowest BCUT2D eigenvalue weighted by molar-refractivity contribution is -0.146. The third-order valence-electron chi connectivity index (χ3n) is 5.24. The second-order valence-corrected chi connectivity index (χ2v) is 14.2. The highest BCUT2D eigenvalue weighted by Crippen LogP contribution is 2.29. The summed E-state index contributed by atoms with van der Waals surface area (Å²) < 4.78 is 0. The smallest absolute Gasteiger partial charge is 0.305 e. The zero-order chi connectivity index (χ0) is 32.0. The molecule has 1 saturated heterocycles. The van der Waals surface area contributed by atoms with Gasteiger partial charge in [0.05, 0.1) is 16.9 Å². The summed E-state index contributed by atoms with van der Waals surface area (Å²) in [5.74, 6) is -2.90. The summed E-state index contributed by atoms with van der Waals surface area (Å²) in [4.78, 5) is 72.2. The fraction of sp³-hybridized carbons (Fsp3) is 0.769. The molecule has 4 atom stereocenters. The summed E-state index contributed by atoms with van der Waals surface area (Å²) in [6.07, 6.45) is -0.148. The van der Waals surface area contributed by atoms with E-state index in [1.807, 2.05) is 41.5 Å². The lowest BCUT2D eigenvalue weighted by Crippen LogP contribution is -2.54. The van der Waals surface area contributed by atoms with Crippen LogP contribution in [0.2, 0.25) is 0 Å². The minimum Gasteiger partial charge on any atom is -0.481 e. The van der Waals surface area contributed by atoms with Gasteiger partial charge >= 0.3 is 5.97 Å². The lowest BCUT2D eigenvalue weighted by Gasteiger charge is -2.25. The molecule has 5 amide bonds. The molecule has 42 heavy (non-hydrogen) atoms. The summed E-state index contributed by atoms with van der Waals surface area (Å²) >= 11 is 2.70. The molecular formula is C26H50N6O8S2. The monoisotopic (exact) mass is 638 g/mol. The molecule has 0 aromatic carbocycles. The Kier molecular flexibility index (Phi) is 20.4. The molecule has 0 spiro atoms. The number of nitrogens with zero attached hydrogens (tertiary/aromatic N) is 1. The average Bonchev–Trinajstić information content (AvgIpc) is 3.08. The molecule has 0 radical (unpaired) electrons. The molecule has 0 saturated carbocycles. The zero-order valence-electron chi connectivity index (χ0n) is 25.8. The van der Waals surface area contributed by atoms with Crippen LogP contribution in [0.5, 0.6) is 0 Å². The Balaban J connectivity index is 0. The second-order valence-electron chi connectivity index (χ2n) is 10.6. The third-order valence-corrected chi connectivity index (χ3v) is 7.73. The van der Waals surface area contributed by atoms with Gasteiger partial charge in [0, 0.05) is 31.6 Å². The molecule has 1 fully saturated rings. The molecule has 1 heterocycles. The van der Waals surface area contributed by atoms with E-state index in [2.05, 4.69) is 16.0 Å². The Morgan fingerprint density at radius 2 is 1.38 bits per heavy atom. The van der Waals surface area contributed by atoms with Gasteiger partial charge in [-0.3, -0.25) is 33.7 Å². The zero-order valence-corrected chi connectivity index (χ0v) is 27.4. The number of thioether (sulfide) groups is 2. The molecule has 0 aromatic heterocycles. The van der Waals surface area contributed by atoms with Crippen molar-refractivity contribution in [3.63, 3.8) is 0 Å². The number of carbonyl (C=O) groups is 6. The predicted molar refractivity (Wildman–Crippen MR) is 166 cm³/mol. The van der Waals surface area contributed by atoms with E-state index in [-0.39, 0.29) is 77.6 Å². The summed E-state index contributed by atoms with van der Waals surface area (Å²) in [7, 11) is 0. The molecule has 244 valence electrons. The van der Waals surface area contributed by atoms with Crippen LogP contribution >= 0.6 is 23.5 Å². The number of nitrogens with two attached hydrogens (primary N) is 2. The number of carbonyl (C=O) groups excluding carboxylic acids is 5. The first-order valence-corrected chi connectivity index (χ1v) is 15.5. The summed E-state index contributed by atoms with van der Waals surface area (Å²) in [6.45, 7) is 14.8. The van der Waals surface area contributed by atoms with Crippen molar-refractivity contribution < 1.29 is 39.3 Å². The van der Waals surface area contributed by atoms with Crippen molar-refractivity contribution in [3.05, 3.63) is 0 Å². The molecule has 14 nitrogen and oxygen atoms in total. The number of hydrogen-bond donors (Lipinski definition) is 6. The SMILES string of the molecule is CC(C)NC(=O)[C@H](CN)N1C(=O)CC(SC(C)C)C1=O.CC(C)NC(=O)[C@H](CN)NC(=O)C(CC(=O)O)SC(C)C.O. The summed E-state index contributed by atoms with van der Waals surface area (Å²) in [5.41, 5.74) is 11.1. The second kappa shape index (κ2) is 20.5. The highest BCUT2D eigenvalue weighted by Gasteiger charge is 2.44. The topological polar surface area (TPSA) is 246 Å². The van der Waals surface area contributed by atoms with E-state index in [4.69, 9.17) is 16.6 Å². The van der Waals surface area contributed by atoms with Crippen LogP contribution in [0.3, 0.4) is 0 Å². The normalized spacial score (nSPS) is 16.9. The first-order valence-electron chi connectivity index (χ1n) is 13.6. The van der Waals surface area contributed by atoms with E-state index in [1.54, 1.807) is 13.8 Å². The van der Waals surface area contributed by atoms with Crippen LogP contribution in [-0.2, 0) is 28.8 Å². The van der Waals surface area contributed by atoms with Gasteiger partial charge in [0.1, 0.15) is 12.1 Å². The van der Waals surface area contributed by atoms with Gasteiger partial charge in [-0.05, 0) is 38.2 Å². The van der Waals surface area contributed by atoms with Gasteiger partial charge in [0.25, 0.3) is 0 Å². The Bertz CT molecular complexity index is 919. The number of imide groups is 1. The number of likely N-dealkylation sites (tertiary alicyclic amines) is 1. The van der Waals surface area contributed by atoms with E-state index in [1.165, 1.54) is 23.5 Å². The Labute approximate surface area is 256 Å². The fourth-order valence-electron chi connectivity index (χ4n) is 3.67. The van der Waals surface area contributed by atoms with Crippen molar-refractivity contribution in [1.29, 1.82) is 0 Å². The number of carboxylic acids is 1. The van der Waals surface area contributed by atoms with Crippen LogP contribution in [0, 0.1) is 0 Å². The van der Waals surface area contributed by atoms with Crippen molar-refractivity contribution in [1.82, 2.24) is 20.9 Å². The molecule has 1 rings (SSSR count). The first kappa shape index (κ1) is 41.7. The average molecular weight is 639 g/mol. The third kappa shape index (κ3) is 15.2. The standard InChI is InChI=1S/C13H25N3O4S.C13H23N3O3S.H2O/c1-7(2)15-12(19)9(6-14)16-13(20)10(5-11(17)18)21-8(3)4;1-7(2)15-12(18)9(6-14)16-11(17)5-10(13(16)19)20-8(3)4;/h7-10H,5-6,14H2,1-4H3,(H,15,19)(H,16,20)(H,17,18);7-10H,5-6,14H2,1-4H3,(H,15,18);1H2/t2*9-,10?;/m00./s1. The van der Waals surface area contributed by atoms with Gasteiger partial charge in [-0.2, -0.15) is 0 Å². The number of aliphatic carboxylic acids is 1.